The summed E-state index contributed by atoms with van der Waals surface area (Å²) in [7, 11) is 0. The van der Waals surface area contributed by atoms with Gasteiger partial charge in [0.2, 0.25) is 0 Å². The molecule has 0 radical (unpaired) electrons. The van der Waals surface area contributed by atoms with Crippen LogP contribution < -0.4 is 14.2 Å². The van der Waals surface area contributed by atoms with Gasteiger partial charge in [-0.2, -0.15) is 0 Å². The van der Waals surface area contributed by atoms with Gasteiger partial charge in [0.15, 0.2) is 28.7 Å². The van der Waals surface area contributed by atoms with Crippen LogP contribution in [0.3, 0.4) is 0 Å². The second-order valence-electron chi connectivity index (χ2n) is 7.60. The maximum Gasteiger partial charge on any atom is 0.349 e. The summed E-state index contributed by atoms with van der Waals surface area (Å²) in [6.07, 6.45) is 0. The maximum absolute atomic E-state index is 11.8. The molecule has 0 amide bonds. The molecule has 4 rings (SSSR count). The number of aromatic carboxylic acids is 1. The van der Waals surface area contributed by atoms with E-state index in [0.717, 1.165) is 22.5 Å². The van der Waals surface area contributed by atoms with Crippen LogP contribution in [-0.4, -0.2) is 28.8 Å². The Morgan fingerprint density at radius 3 is 1.92 bits per heavy atom. The van der Waals surface area contributed by atoms with Gasteiger partial charge in [0, 0.05) is 0 Å². The van der Waals surface area contributed by atoms with E-state index in [0.29, 0.717) is 39.6 Å². The van der Waals surface area contributed by atoms with Crippen LogP contribution in [0.5, 0.6) is 17.2 Å². The molecule has 1 aromatic heterocycles. The largest absolute Gasteiger partial charge is 0.485 e. The van der Waals surface area contributed by atoms with Crippen LogP contribution in [0.4, 0.5) is 0 Å². The fourth-order valence-corrected chi connectivity index (χ4v) is 5.23. The van der Waals surface area contributed by atoms with Gasteiger partial charge in [-0.3, -0.25) is 0 Å². The molecule has 184 valence electrons. The maximum atomic E-state index is 11.8. The number of thiophene rings is 1. The van der Waals surface area contributed by atoms with Gasteiger partial charge in [0.05, 0.1) is 9.35 Å². The van der Waals surface area contributed by atoms with E-state index in [-0.39, 0.29) is 10.6 Å². The number of ether oxygens (including phenoxy) is 3. The van der Waals surface area contributed by atoms with Crippen LogP contribution in [0.2, 0.25) is 0 Å². The number of halogens is 1. The predicted molar refractivity (Wildman–Crippen MR) is 139 cm³/mol. The summed E-state index contributed by atoms with van der Waals surface area (Å²) in [6.45, 7) is -0.00137. The summed E-state index contributed by atoms with van der Waals surface area (Å²) >= 11 is 4.37. The Balaban J connectivity index is 1.67. The van der Waals surface area contributed by atoms with Crippen LogP contribution >= 0.6 is 27.3 Å². The van der Waals surface area contributed by atoms with Crippen molar-refractivity contribution in [1.29, 1.82) is 0 Å². The van der Waals surface area contributed by atoms with Crippen molar-refractivity contribution >= 4 is 39.2 Å². The molecule has 3 aromatic carbocycles. The van der Waals surface area contributed by atoms with Crippen molar-refractivity contribution in [3.8, 4) is 27.7 Å². The molecule has 0 unspecified atom stereocenters. The first-order valence-corrected chi connectivity index (χ1v) is 12.4. The number of carboxylic acids is 2. The molecule has 2 N–H and O–H groups in total. The lowest BCUT2D eigenvalue weighted by Crippen LogP contribution is -2.11. The summed E-state index contributed by atoms with van der Waals surface area (Å²) in [5.41, 5.74) is 2.64. The highest BCUT2D eigenvalue weighted by atomic mass is 79.9. The van der Waals surface area contributed by atoms with Crippen molar-refractivity contribution in [2.24, 2.45) is 0 Å². The normalized spacial score (nSPS) is 10.6. The lowest BCUT2D eigenvalue weighted by Gasteiger charge is -2.14. The predicted octanol–water partition coefficient (Wildman–Crippen LogP) is 6.50. The molecule has 0 spiro atoms. The van der Waals surface area contributed by atoms with Crippen LogP contribution in [0.15, 0.2) is 83.3 Å². The van der Waals surface area contributed by atoms with E-state index in [2.05, 4.69) is 15.9 Å². The zero-order chi connectivity index (χ0) is 25.5. The van der Waals surface area contributed by atoms with E-state index < -0.39 is 18.5 Å². The van der Waals surface area contributed by atoms with Crippen LogP contribution in [0.25, 0.3) is 10.4 Å². The molecule has 0 atom stereocenters. The minimum absolute atomic E-state index is 0.0268. The highest BCUT2D eigenvalue weighted by molar-refractivity contribution is 9.10. The second kappa shape index (κ2) is 11.7. The molecule has 0 aliphatic carbocycles. The quantitative estimate of drug-likeness (QED) is 0.213. The molecule has 0 aliphatic heterocycles. The minimum Gasteiger partial charge on any atom is -0.485 e. The Labute approximate surface area is 219 Å². The first kappa shape index (κ1) is 25.3. The molecular formula is C27H21BrO7S. The number of benzene rings is 3. The summed E-state index contributed by atoms with van der Waals surface area (Å²) in [4.78, 5) is 23.2. The van der Waals surface area contributed by atoms with E-state index >= 15 is 0 Å². The zero-order valence-corrected chi connectivity index (χ0v) is 21.3. The molecule has 0 bridgehead atoms. The topological polar surface area (TPSA) is 102 Å². The summed E-state index contributed by atoms with van der Waals surface area (Å²) < 4.78 is 17.8. The molecule has 1 heterocycles. The summed E-state index contributed by atoms with van der Waals surface area (Å²) in [5, 5.41) is 18.6. The molecule has 0 fully saturated rings. The zero-order valence-electron chi connectivity index (χ0n) is 18.8. The average molecular weight is 569 g/mol. The third-order valence-corrected chi connectivity index (χ3v) is 7.25. The second-order valence-corrected chi connectivity index (χ2v) is 9.41. The minimum atomic E-state index is -1.21. The van der Waals surface area contributed by atoms with Crippen molar-refractivity contribution in [3.63, 3.8) is 0 Å². The van der Waals surface area contributed by atoms with Gasteiger partial charge in [0.25, 0.3) is 0 Å². The van der Waals surface area contributed by atoms with Crippen LogP contribution in [0, 0.1) is 0 Å². The Hall–Kier alpha value is -3.82. The summed E-state index contributed by atoms with van der Waals surface area (Å²) in [6, 6.07) is 24.8. The average Bonchev–Trinajstić information content (AvgIpc) is 3.22. The van der Waals surface area contributed by atoms with Crippen molar-refractivity contribution in [2.45, 2.75) is 13.2 Å². The van der Waals surface area contributed by atoms with Crippen LogP contribution in [0.1, 0.15) is 20.8 Å². The van der Waals surface area contributed by atoms with Crippen molar-refractivity contribution in [2.75, 3.05) is 6.61 Å². The van der Waals surface area contributed by atoms with Crippen molar-refractivity contribution in [3.05, 3.63) is 99.3 Å². The van der Waals surface area contributed by atoms with E-state index in [9.17, 15) is 14.7 Å². The number of rotatable bonds is 11. The van der Waals surface area contributed by atoms with Gasteiger partial charge in [-0.05, 0) is 50.8 Å². The van der Waals surface area contributed by atoms with E-state index in [1.165, 1.54) is 0 Å². The lowest BCUT2D eigenvalue weighted by molar-refractivity contribution is -0.139. The molecular weight excluding hydrogens is 548 g/mol. The SMILES string of the molecule is O=C(O)COc1c(C(=O)O)sc(-c2ccc(OCc3ccccc3)c(OCc3ccccc3)c2)c1Br. The number of hydrogen-bond acceptors (Lipinski definition) is 6. The van der Waals surface area contributed by atoms with Crippen molar-refractivity contribution < 1.29 is 34.0 Å². The highest BCUT2D eigenvalue weighted by Gasteiger charge is 2.25. The van der Waals surface area contributed by atoms with Gasteiger partial charge in [-0.1, -0.05) is 60.7 Å². The third-order valence-electron chi connectivity index (χ3n) is 5.02. The van der Waals surface area contributed by atoms with Gasteiger partial charge >= 0.3 is 11.9 Å². The standard InChI is InChI=1S/C27H21BrO7S/c28-23-24(35-16-22(29)30)26(27(31)32)36-25(23)19-11-12-20(33-14-17-7-3-1-4-8-17)21(13-19)34-15-18-9-5-2-6-10-18/h1-13H,14-16H2,(H,29,30)(H,31,32). The monoisotopic (exact) mass is 568 g/mol. The Morgan fingerprint density at radius 2 is 1.36 bits per heavy atom. The van der Waals surface area contributed by atoms with E-state index in [1.807, 2.05) is 60.7 Å². The van der Waals surface area contributed by atoms with Gasteiger partial charge in [-0.25, -0.2) is 9.59 Å². The highest BCUT2D eigenvalue weighted by Crippen LogP contribution is 2.47. The molecule has 0 saturated carbocycles. The fraction of sp³-hybridized carbons (Fsp3) is 0.111. The number of hydrogen-bond donors (Lipinski definition) is 2. The molecule has 4 aromatic rings. The lowest BCUT2D eigenvalue weighted by atomic mass is 10.1. The summed E-state index contributed by atoms with van der Waals surface area (Å²) in [5.74, 6) is -1.43. The third kappa shape index (κ3) is 6.24. The van der Waals surface area contributed by atoms with Crippen LogP contribution in [-0.2, 0) is 18.0 Å². The smallest absolute Gasteiger partial charge is 0.349 e. The van der Waals surface area contributed by atoms with Gasteiger partial charge in [0.1, 0.15) is 13.2 Å². The van der Waals surface area contributed by atoms with Gasteiger partial charge in [-0.15, -0.1) is 11.3 Å². The molecule has 9 heteroatoms. The van der Waals surface area contributed by atoms with Gasteiger partial charge < -0.3 is 24.4 Å². The number of aliphatic carboxylic acids is 1. The Bertz CT molecular complexity index is 1350. The first-order chi connectivity index (χ1) is 17.4. The fourth-order valence-electron chi connectivity index (χ4n) is 3.34. The first-order valence-electron chi connectivity index (χ1n) is 10.8. The number of carbonyl (C=O) groups is 2. The molecule has 0 aliphatic rings. The Kier molecular flexibility index (Phi) is 8.24. The molecule has 7 nitrogen and oxygen atoms in total. The van der Waals surface area contributed by atoms with Crippen molar-refractivity contribution in [1.82, 2.24) is 0 Å². The number of carboxylic acid groups (broad SMARTS) is 2. The van der Waals surface area contributed by atoms with E-state index in [4.69, 9.17) is 19.3 Å². The molecule has 36 heavy (non-hydrogen) atoms. The molecule has 0 saturated heterocycles. The Morgan fingerprint density at radius 1 is 0.778 bits per heavy atom. The van der Waals surface area contributed by atoms with E-state index in [1.54, 1.807) is 18.2 Å².